The van der Waals surface area contributed by atoms with Crippen molar-refractivity contribution < 1.29 is 26.4 Å². The van der Waals surface area contributed by atoms with Gasteiger partial charge in [0, 0.05) is 11.3 Å². The van der Waals surface area contributed by atoms with Crippen molar-refractivity contribution in [3.8, 4) is 11.5 Å². The van der Waals surface area contributed by atoms with E-state index in [-0.39, 0.29) is 5.56 Å². The molecule has 0 saturated heterocycles. The Bertz CT molecular complexity index is 635. The van der Waals surface area contributed by atoms with E-state index >= 15 is 0 Å². The van der Waals surface area contributed by atoms with E-state index in [0.717, 1.165) is 0 Å². The lowest BCUT2D eigenvalue weighted by atomic mass is 10.1. The van der Waals surface area contributed by atoms with Crippen molar-refractivity contribution in [2.45, 2.75) is 19.0 Å². The predicted molar refractivity (Wildman–Crippen MR) is 58.8 cm³/mol. The van der Waals surface area contributed by atoms with Crippen molar-refractivity contribution in [1.82, 2.24) is 10.2 Å². The average molecular weight is 293 g/mol. The number of halogens is 5. The normalized spacial score (nSPS) is 12.7. The molecular weight excluding hydrogens is 285 g/mol. The summed E-state index contributed by atoms with van der Waals surface area (Å²) < 4.78 is 66.9. The molecule has 0 aliphatic carbocycles. The molecule has 1 aromatic carbocycles. The molecule has 0 fully saturated rings. The summed E-state index contributed by atoms with van der Waals surface area (Å²) in [7, 11) is 0. The number of anilines is 1. The first kappa shape index (κ1) is 14.2. The smallest absolute Gasteiger partial charge is 0.415 e. The van der Waals surface area contributed by atoms with E-state index in [2.05, 4.69) is 14.6 Å². The largest absolute Gasteiger partial charge is 0.463 e. The molecule has 2 aromatic rings. The maximum absolute atomic E-state index is 13.0. The van der Waals surface area contributed by atoms with Crippen molar-refractivity contribution in [3.05, 3.63) is 29.7 Å². The molecule has 0 aliphatic heterocycles. The van der Waals surface area contributed by atoms with Crippen LogP contribution < -0.4 is 5.73 Å². The Morgan fingerprint density at radius 3 is 2.30 bits per heavy atom. The van der Waals surface area contributed by atoms with Crippen molar-refractivity contribution >= 4 is 5.69 Å². The molecule has 0 aliphatic rings. The fraction of sp³-hybridized carbons (Fsp3) is 0.273. The number of hydrogen-bond acceptors (Lipinski definition) is 4. The van der Waals surface area contributed by atoms with E-state index in [1.165, 1.54) is 18.2 Å². The minimum absolute atomic E-state index is 0.202. The third kappa shape index (κ3) is 2.30. The lowest BCUT2D eigenvalue weighted by Gasteiger charge is -2.14. The molecule has 0 saturated carbocycles. The van der Waals surface area contributed by atoms with E-state index in [1.807, 2.05) is 0 Å². The minimum Gasteiger partial charge on any atom is -0.415 e. The third-order valence-electron chi connectivity index (χ3n) is 2.57. The third-order valence-corrected chi connectivity index (χ3v) is 2.57. The summed E-state index contributed by atoms with van der Waals surface area (Å²) in [6.07, 6.45) is -5.80. The van der Waals surface area contributed by atoms with Gasteiger partial charge >= 0.3 is 12.1 Å². The van der Waals surface area contributed by atoms with Crippen molar-refractivity contribution in [2.75, 3.05) is 5.73 Å². The highest BCUT2D eigenvalue weighted by Gasteiger charge is 2.63. The van der Waals surface area contributed by atoms with Gasteiger partial charge in [-0.15, -0.1) is 10.2 Å². The van der Waals surface area contributed by atoms with Crippen molar-refractivity contribution in [3.63, 3.8) is 0 Å². The molecule has 0 spiro atoms. The van der Waals surface area contributed by atoms with Gasteiger partial charge in [0.25, 0.3) is 5.89 Å². The highest BCUT2D eigenvalue weighted by molar-refractivity contribution is 5.60. The summed E-state index contributed by atoms with van der Waals surface area (Å²) in [6, 6.07) is 4.28. The molecular formula is C11H8F5N3O. The van der Waals surface area contributed by atoms with Gasteiger partial charge in [-0.25, -0.2) is 0 Å². The standard InChI is InChI=1S/C11H8F5N3O/c1-5-4-6(2-3-7(5)17)8-18-19-9(20-8)10(12,13)11(14,15)16/h2-4H,17H2,1H3. The molecule has 0 atom stereocenters. The van der Waals surface area contributed by atoms with Crippen LogP contribution in [-0.2, 0) is 5.92 Å². The molecule has 1 aromatic heterocycles. The first-order valence-corrected chi connectivity index (χ1v) is 5.28. The summed E-state index contributed by atoms with van der Waals surface area (Å²) in [6.45, 7) is 1.64. The summed E-state index contributed by atoms with van der Waals surface area (Å²) in [5.74, 6) is -7.43. The lowest BCUT2D eigenvalue weighted by Crippen LogP contribution is -2.34. The Hall–Kier alpha value is -2.19. The van der Waals surface area contributed by atoms with Crippen LogP contribution in [0, 0.1) is 6.92 Å². The second kappa shape index (κ2) is 4.43. The molecule has 2 rings (SSSR count). The first-order valence-electron chi connectivity index (χ1n) is 5.28. The summed E-state index contributed by atoms with van der Waals surface area (Å²) >= 11 is 0. The van der Waals surface area contributed by atoms with Gasteiger partial charge in [0.1, 0.15) is 0 Å². The quantitative estimate of drug-likeness (QED) is 0.681. The molecule has 9 heteroatoms. The molecule has 0 bridgehead atoms. The van der Waals surface area contributed by atoms with Crippen LogP contribution in [0.15, 0.2) is 22.6 Å². The van der Waals surface area contributed by atoms with Gasteiger partial charge in [0.15, 0.2) is 0 Å². The van der Waals surface area contributed by atoms with Crippen LogP contribution in [0.2, 0.25) is 0 Å². The van der Waals surface area contributed by atoms with Crippen LogP contribution in [-0.4, -0.2) is 16.4 Å². The molecule has 4 nitrogen and oxygen atoms in total. The SMILES string of the molecule is Cc1cc(-c2nnc(C(F)(F)C(F)(F)F)o2)ccc1N. The number of aromatic nitrogens is 2. The number of hydrogen-bond donors (Lipinski definition) is 1. The van der Waals surface area contributed by atoms with Gasteiger partial charge in [-0.05, 0) is 30.7 Å². The zero-order valence-electron chi connectivity index (χ0n) is 10.0. The molecule has 0 amide bonds. The van der Waals surface area contributed by atoms with Crippen LogP contribution in [0.1, 0.15) is 11.5 Å². The zero-order chi connectivity index (χ0) is 15.1. The second-order valence-corrected chi connectivity index (χ2v) is 4.06. The Morgan fingerprint density at radius 2 is 1.75 bits per heavy atom. The lowest BCUT2D eigenvalue weighted by molar-refractivity contribution is -0.297. The van der Waals surface area contributed by atoms with Crippen LogP contribution in [0.5, 0.6) is 0 Å². The molecule has 2 N–H and O–H groups in total. The van der Waals surface area contributed by atoms with Gasteiger partial charge in [0.2, 0.25) is 5.89 Å². The van der Waals surface area contributed by atoms with Gasteiger partial charge in [-0.2, -0.15) is 22.0 Å². The molecule has 108 valence electrons. The molecule has 0 unspecified atom stereocenters. The fourth-order valence-electron chi connectivity index (χ4n) is 1.40. The van der Waals surface area contributed by atoms with E-state index in [4.69, 9.17) is 5.73 Å². The van der Waals surface area contributed by atoms with Gasteiger partial charge in [-0.1, -0.05) is 0 Å². The predicted octanol–water partition coefficient (Wildman–Crippen LogP) is 3.28. The second-order valence-electron chi connectivity index (χ2n) is 4.06. The maximum atomic E-state index is 13.0. The summed E-state index contributed by atoms with van der Waals surface area (Å²) in [4.78, 5) is 0. The van der Waals surface area contributed by atoms with Crippen LogP contribution in [0.4, 0.5) is 27.6 Å². The van der Waals surface area contributed by atoms with E-state index in [9.17, 15) is 22.0 Å². The van der Waals surface area contributed by atoms with Gasteiger partial charge < -0.3 is 10.2 Å². The topological polar surface area (TPSA) is 64.9 Å². The number of rotatable bonds is 2. The van der Waals surface area contributed by atoms with Crippen molar-refractivity contribution in [1.29, 1.82) is 0 Å². The highest BCUT2D eigenvalue weighted by Crippen LogP contribution is 2.43. The number of nitrogen functional groups attached to an aromatic ring is 1. The Morgan fingerprint density at radius 1 is 1.10 bits per heavy atom. The Balaban J connectivity index is 2.41. The zero-order valence-corrected chi connectivity index (χ0v) is 10.0. The van der Waals surface area contributed by atoms with Gasteiger partial charge in [0.05, 0.1) is 0 Å². The number of benzene rings is 1. The number of nitrogens with two attached hydrogens (primary N) is 1. The monoisotopic (exact) mass is 293 g/mol. The number of alkyl halides is 5. The minimum atomic E-state index is -5.80. The number of aryl methyl sites for hydroxylation is 1. The molecule has 0 radical (unpaired) electrons. The highest BCUT2D eigenvalue weighted by atomic mass is 19.4. The summed E-state index contributed by atoms with van der Waals surface area (Å²) in [5, 5.41) is 5.96. The van der Waals surface area contributed by atoms with Crippen molar-refractivity contribution in [2.24, 2.45) is 0 Å². The van der Waals surface area contributed by atoms with Crippen LogP contribution in [0.3, 0.4) is 0 Å². The van der Waals surface area contributed by atoms with E-state index in [0.29, 0.717) is 11.3 Å². The first-order chi connectivity index (χ1) is 9.13. The average Bonchev–Trinajstić information content (AvgIpc) is 2.81. The molecule has 1 heterocycles. The van der Waals surface area contributed by atoms with E-state index < -0.39 is 23.9 Å². The molecule has 20 heavy (non-hydrogen) atoms. The fourth-order valence-corrected chi connectivity index (χ4v) is 1.40. The van der Waals surface area contributed by atoms with Crippen LogP contribution in [0.25, 0.3) is 11.5 Å². The summed E-state index contributed by atoms with van der Waals surface area (Å²) in [5.41, 5.74) is 6.81. The Labute approximate surface area is 109 Å². The van der Waals surface area contributed by atoms with Gasteiger partial charge in [-0.3, -0.25) is 0 Å². The Kier molecular flexibility index (Phi) is 3.15. The number of nitrogens with zero attached hydrogens (tertiary/aromatic N) is 2. The van der Waals surface area contributed by atoms with E-state index in [1.54, 1.807) is 6.92 Å². The van der Waals surface area contributed by atoms with Crippen LogP contribution >= 0.6 is 0 Å². The maximum Gasteiger partial charge on any atom is 0.463 e.